The average Bonchev–Trinajstić information content (AvgIpc) is 3.20. The third-order valence-electron chi connectivity index (χ3n) is 6.61. The van der Waals surface area contributed by atoms with Crippen molar-refractivity contribution in [3.8, 4) is 0 Å². The first-order chi connectivity index (χ1) is 17.6. The van der Waals surface area contributed by atoms with E-state index < -0.39 is 58.1 Å². The number of alkyl halides is 2. The molecule has 0 aromatic heterocycles. The summed E-state index contributed by atoms with van der Waals surface area (Å²) in [7, 11) is 35.0. The van der Waals surface area contributed by atoms with Crippen LogP contribution in [0.25, 0.3) is 0 Å². The average molecular weight is 521 g/mol. The third-order valence-corrected chi connectivity index (χ3v) is 6.86. The van der Waals surface area contributed by atoms with E-state index in [-0.39, 0.29) is 32.3 Å². The molecule has 1 fully saturated rings. The Bertz CT molecular complexity index is 1350. The van der Waals surface area contributed by atoms with Gasteiger partial charge in [0.15, 0.2) is 0 Å². The van der Waals surface area contributed by atoms with E-state index in [1.165, 1.54) is 30.3 Å². The highest BCUT2D eigenvalue weighted by Gasteiger charge is 2.53. The molecule has 0 bridgehead atoms. The summed E-state index contributed by atoms with van der Waals surface area (Å²) < 4.78 is 29.6. The van der Waals surface area contributed by atoms with Crippen molar-refractivity contribution in [1.82, 2.24) is 14.5 Å². The number of imide groups is 1. The fraction of sp³-hybridized carbons (Fsp3) is 0.273. The molecule has 2 aliphatic rings. The molecule has 2 aromatic rings. The van der Waals surface area contributed by atoms with Gasteiger partial charge in [-0.1, -0.05) is 41.1 Å². The number of piperidine rings is 1. The molecule has 38 heavy (non-hydrogen) atoms. The number of carbonyl (C=O) groups excluding carboxylic acids is 4. The molecule has 4 amide bonds. The molecule has 16 heteroatoms. The first kappa shape index (κ1) is 28.1. The topological polar surface area (TPSA) is 78.0 Å². The molecule has 178 valence electrons. The minimum Gasteiger partial charge on any atom is -0.393 e. The Morgan fingerprint density at radius 2 is 1.71 bits per heavy atom. The first-order valence-electron chi connectivity index (χ1n) is 11.0. The fourth-order valence-corrected chi connectivity index (χ4v) is 4.50. The second-order valence-electron chi connectivity index (χ2n) is 9.01. The predicted octanol–water partition coefficient (Wildman–Crippen LogP) is 0.398. The molecule has 0 aliphatic carbocycles. The number of amides is 4. The summed E-state index contributed by atoms with van der Waals surface area (Å²) in [5.41, 5.74) is -0.124. The van der Waals surface area contributed by atoms with Crippen LogP contribution in [0, 0.1) is 0 Å². The lowest BCUT2D eigenvalue weighted by Crippen LogP contribution is -2.63. The SMILES string of the molecule is [B]C(c1ccc2c(c1)CN(C1C(=O)N([B])C(=O)C([B])C1([B])[B])C2=O)N([B])C(=O)C(F)(F)c1ccc(Cl)cc1. The van der Waals surface area contributed by atoms with Gasteiger partial charge in [0.2, 0.25) is 27.8 Å². The number of halogens is 3. The number of benzene rings is 2. The van der Waals surface area contributed by atoms with Crippen LogP contribution in [0.3, 0.4) is 0 Å². The summed E-state index contributed by atoms with van der Waals surface area (Å²) in [6.45, 7) is -0.241. The molecule has 4 rings (SSSR count). The van der Waals surface area contributed by atoms with Gasteiger partial charge in [-0.3, -0.25) is 19.2 Å². The van der Waals surface area contributed by atoms with Gasteiger partial charge in [0, 0.05) is 28.6 Å². The van der Waals surface area contributed by atoms with Crippen LogP contribution in [0.1, 0.15) is 33.0 Å². The van der Waals surface area contributed by atoms with Crippen molar-refractivity contribution >= 4 is 82.6 Å². The van der Waals surface area contributed by atoms with E-state index in [0.717, 1.165) is 17.0 Å². The van der Waals surface area contributed by atoms with Gasteiger partial charge >= 0.3 is 5.92 Å². The minimum atomic E-state index is -4.02. The Balaban J connectivity index is 1.59. The molecule has 7 nitrogen and oxygen atoms in total. The molecule has 0 spiro atoms. The fourth-order valence-electron chi connectivity index (χ4n) is 4.38. The molecule has 3 unspecified atom stereocenters. The van der Waals surface area contributed by atoms with E-state index in [0.29, 0.717) is 5.56 Å². The van der Waals surface area contributed by atoms with Crippen molar-refractivity contribution in [2.45, 2.75) is 35.5 Å². The van der Waals surface area contributed by atoms with Gasteiger partial charge in [-0.2, -0.15) is 8.78 Å². The van der Waals surface area contributed by atoms with Crippen molar-refractivity contribution < 1.29 is 28.0 Å². The van der Waals surface area contributed by atoms with Crippen LogP contribution in [0.4, 0.5) is 8.78 Å². The van der Waals surface area contributed by atoms with Crippen LogP contribution in [-0.2, 0) is 26.9 Å². The zero-order chi connectivity index (χ0) is 28.3. The Hall–Kier alpha value is -2.94. The van der Waals surface area contributed by atoms with Crippen molar-refractivity contribution in [3.63, 3.8) is 0 Å². The molecule has 3 atom stereocenters. The minimum absolute atomic E-state index is 0.107. The lowest BCUT2D eigenvalue weighted by Gasteiger charge is -2.49. The third kappa shape index (κ3) is 4.38. The van der Waals surface area contributed by atoms with Gasteiger partial charge in [-0.05, 0) is 35.1 Å². The number of hydrogen-bond acceptors (Lipinski definition) is 4. The van der Waals surface area contributed by atoms with Crippen molar-refractivity contribution in [1.29, 1.82) is 0 Å². The molecular formula is C22H12B6ClF2N3O4. The van der Waals surface area contributed by atoms with Crippen molar-refractivity contribution in [2.75, 3.05) is 0 Å². The highest BCUT2D eigenvalue weighted by atomic mass is 35.5. The summed E-state index contributed by atoms with van der Waals surface area (Å²) in [5.74, 6) is -11.7. The van der Waals surface area contributed by atoms with E-state index in [4.69, 9.17) is 58.9 Å². The van der Waals surface area contributed by atoms with Crippen LogP contribution in [0.5, 0.6) is 0 Å². The lowest BCUT2D eigenvalue weighted by molar-refractivity contribution is -0.154. The first-order valence-corrected chi connectivity index (χ1v) is 11.4. The Morgan fingerprint density at radius 3 is 2.32 bits per heavy atom. The molecular weight excluding hydrogens is 509 g/mol. The largest absolute Gasteiger partial charge is 0.393 e. The zero-order valence-corrected chi connectivity index (χ0v) is 20.3. The molecule has 0 saturated carbocycles. The van der Waals surface area contributed by atoms with Crippen LogP contribution >= 0.6 is 11.6 Å². The highest BCUT2D eigenvalue weighted by molar-refractivity contribution is 6.52. The molecule has 1 saturated heterocycles. The molecule has 2 aliphatic heterocycles. The second-order valence-corrected chi connectivity index (χ2v) is 9.45. The van der Waals surface area contributed by atoms with Crippen molar-refractivity contribution in [2.24, 2.45) is 0 Å². The molecule has 2 heterocycles. The summed E-state index contributed by atoms with van der Waals surface area (Å²) in [5, 5.41) is -1.95. The maximum absolute atomic E-state index is 14.8. The molecule has 2 aromatic carbocycles. The normalized spacial score (nSPS) is 21.8. The number of carbonyl (C=O) groups is 4. The van der Waals surface area contributed by atoms with E-state index in [2.05, 4.69) is 0 Å². The summed E-state index contributed by atoms with van der Waals surface area (Å²) in [4.78, 5) is 52.0. The van der Waals surface area contributed by atoms with Crippen LogP contribution < -0.4 is 0 Å². The van der Waals surface area contributed by atoms with Gasteiger partial charge in [-0.25, -0.2) is 0 Å². The summed E-state index contributed by atoms with van der Waals surface area (Å²) >= 11 is 5.72. The van der Waals surface area contributed by atoms with Gasteiger partial charge in [0.1, 0.15) is 13.9 Å². The molecule has 0 N–H and O–H groups in total. The van der Waals surface area contributed by atoms with E-state index in [9.17, 15) is 28.0 Å². The van der Waals surface area contributed by atoms with Gasteiger partial charge < -0.3 is 14.5 Å². The van der Waals surface area contributed by atoms with E-state index >= 15 is 0 Å². The van der Waals surface area contributed by atoms with Crippen LogP contribution in [0.15, 0.2) is 42.5 Å². The monoisotopic (exact) mass is 521 g/mol. The summed E-state index contributed by atoms with van der Waals surface area (Å²) in [6, 6.07) is 6.75. The highest BCUT2D eigenvalue weighted by Crippen LogP contribution is 2.45. The summed E-state index contributed by atoms with van der Waals surface area (Å²) in [6.07, 6.45) is 0. The Labute approximate surface area is 230 Å². The number of rotatable bonds is 5. The zero-order valence-electron chi connectivity index (χ0n) is 19.6. The Morgan fingerprint density at radius 1 is 1.11 bits per heavy atom. The Kier molecular flexibility index (Phi) is 7.14. The smallest absolute Gasteiger partial charge is 0.348 e. The maximum Gasteiger partial charge on any atom is 0.348 e. The van der Waals surface area contributed by atoms with Crippen molar-refractivity contribution in [3.05, 3.63) is 69.7 Å². The predicted molar refractivity (Wildman–Crippen MR) is 138 cm³/mol. The number of fused-ring (bicyclic) bond motifs is 1. The van der Waals surface area contributed by atoms with Crippen LogP contribution in [0.2, 0.25) is 16.1 Å². The maximum atomic E-state index is 14.8. The lowest BCUT2D eigenvalue weighted by atomic mass is 9.38. The van der Waals surface area contributed by atoms with Gasteiger partial charge in [0.25, 0.3) is 11.8 Å². The van der Waals surface area contributed by atoms with E-state index in [1.54, 1.807) is 0 Å². The van der Waals surface area contributed by atoms with Gasteiger partial charge in [-0.15, -0.1) is 0 Å². The second kappa shape index (κ2) is 9.67. The quantitative estimate of drug-likeness (QED) is 0.423. The molecule has 12 radical (unpaired) electrons. The van der Waals surface area contributed by atoms with Crippen LogP contribution in [-0.4, -0.2) is 91.5 Å². The number of hydrogen-bond donors (Lipinski definition) is 0. The number of nitrogens with zero attached hydrogens (tertiary/aromatic N) is 3. The standard InChI is InChI=1S/C22H12B6ClF2N3O4/c23-14-18(36)34(28)19(37)15(21(14,25)26)32-8-10-7-9(1-6-13(10)17(32)35)16(24)33(27)20(38)22(30,31)11-2-4-12(29)5-3-11/h1-7,14-16H,8H2. The van der Waals surface area contributed by atoms with E-state index in [1.807, 2.05) is 0 Å². The van der Waals surface area contributed by atoms with Gasteiger partial charge in [0.05, 0.1) is 23.5 Å².